The summed E-state index contributed by atoms with van der Waals surface area (Å²) in [6, 6.07) is 23.1. The molecule has 2 aromatic carbocycles. The van der Waals surface area contributed by atoms with Gasteiger partial charge in [0.15, 0.2) is 0 Å². The number of benzene rings is 2. The maximum atomic E-state index is 9.42. The van der Waals surface area contributed by atoms with Crippen molar-refractivity contribution in [3.63, 3.8) is 0 Å². The summed E-state index contributed by atoms with van der Waals surface area (Å²) in [5, 5.41) is 12.0. The Balaban J connectivity index is 1.54. The van der Waals surface area contributed by atoms with E-state index in [4.69, 9.17) is 9.15 Å². The minimum atomic E-state index is 0.477. The smallest absolute Gasteiger partial charge is 0.134 e. The van der Waals surface area contributed by atoms with Crippen LogP contribution in [-0.4, -0.2) is 4.98 Å². The van der Waals surface area contributed by atoms with Gasteiger partial charge in [0.2, 0.25) is 0 Å². The van der Waals surface area contributed by atoms with Crippen LogP contribution in [0.5, 0.6) is 11.5 Å². The molecule has 0 amide bonds. The topological polar surface area (TPSA) is 59.0 Å². The molecule has 27 heavy (non-hydrogen) atoms. The van der Waals surface area contributed by atoms with Crippen LogP contribution in [0.4, 0.5) is 0 Å². The molecule has 4 aromatic rings. The number of para-hydroxylation sites is 1. The second kappa shape index (κ2) is 7.73. The zero-order valence-electron chi connectivity index (χ0n) is 14.2. The fourth-order valence-electron chi connectivity index (χ4n) is 2.51. The maximum absolute atomic E-state index is 9.42. The predicted octanol–water partition coefficient (Wildman–Crippen LogP) is 6.26. The molecule has 0 spiro atoms. The van der Waals surface area contributed by atoms with Crippen molar-refractivity contribution in [2.75, 3.05) is 0 Å². The van der Waals surface area contributed by atoms with Crippen LogP contribution in [0.1, 0.15) is 10.8 Å². The van der Waals surface area contributed by atoms with Crippen LogP contribution in [0.15, 0.2) is 82.8 Å². The number of nitrogens with zero attached hydrogens (tertiary/aromatic N) is 2. The van der Waals surface area contributed by atoms with Crippen LogP contribution in [0.2, 0.25) is 0 Å². The number of rotatable bonds is 5. The van der Waals surface area contributed by atoms with E-state index in [-0.39, 0.29) is 0 Å². The Kier molecular flexibility index (Phi) is 4.82. The first-order valence-electron chi connectivity index (χ1n) is 8.26. The number of hydrogen-bond donors (Lipinski definition) is 0. The van der Waals surface area contributed by atoms with Gasteiger partial charge in [-0.2, -0.15) is 5.26 Å². The van der Waals surface area contributed by atoms with Crippen LogP contribution >= 0.6 is 11.3 Å². The van der Waals surface area contributed by atoms with Gasteiger partial charge in [0.25, 0.3) is 0 Å². The summed E-state index contributed by atoms with van der Waals surface area (Å²) >= 11 is 1.43. The van der Waals surface area contributed by atoms with Gasteiger partial charge in [-0.25, -0.2) is 4.98 Å². The molecule has 4 nitrogen and oxygen atoms in total. The molecule has 0 aliphatic carbocycles. The molecule has 0 aliphatic rings. The molecule has 0 atom stereocenters. The van der Waals surface area contributed by atoms with Crippen molar-refractivity contribution in [2.24, 2.45) is 0 Å². The van der Waals surface area contributed by atoms with Crippen LogP contribution in [0.3, 0.4) is 0 Å². The summed E-state index contributed by atoms with van der Waals surface area (Å²) in [7, 11) is 0. The van der Waals surface area contributed by atoms with E-state index >= 15 is 0 Å². The van der Waals surface area contributed by atoms with E-state index in [1.54, 1.807) is 24.5 Å². The number of furan rings is 1. The normalized spacial score (nSPS) is 11.1. The van der Waals surface area contributed by atoms with Gasteiger partial charge in [-0.3, -0.25) is 0 Å². The molecular formula is C22H14N2O2S. The number of aromatic nitrogens is 1. The zero-order valence-corrected chi connectivity index (χ0v) is 15.0. The van der Waals surface area contributed by atoms with Crippen molar-refractivity contribution in [3.8, 4) is 28.8 Å². The molecule has 0 N–H and O–H groups in total. The summed E-state index contributed by atoms with van der Waals surface area (Å²) in [6.45, 7) is 0. The highest BCUT2D eigenvalue weighted by atomic mass is 32.1. The second-order valence-electron chi connectivity index (χ2n) is 5.66. The van der Waals surface area contributed by atoms with E-state index in [2.05, 4.69) is 11.1 Å². The van der Waals surface area contributed by atoms with E-state index in [9.17, 15) is 5.26 Å². The van der Waals surface area contributed by atoms with Gasteiger partial charge < -0.3 is 9.15 Å². The minimum Gasteiger partial charge on any atom is -0.465 e. The van der Waals surface area contributed by atoms with Gasteiger partial charge in [-0.1, -0.05) is 18.2 Å². The Morgan fingerprint density at radius 3 is 2.48 bits per heavy atom. The first-order valence-corrected chi connectivity index (χ1v) is 9.14. The van der Waals surface area contributed by atoms with Gasteiger partial charge in [0, 0.05) is 17.0 Å². The standard InChI is InChI=1S/C22H14N2O2S/c23-14-17(13-20-7-4-12-25-20)22-24-21(15-27-22)16-8-10-19(11-9-16)26-18-5-2-1-3-6-18/h1-13,15H/b17-13+. The van der Waals surface area contributed by atoms with Crippen LogP contribution in [-0.2, 0) is 0 Å². The third-order valence-corrected chi connectivity index (χ3v) is 4.69. The van der Waals surface area contributed by atoms with Crippen LogP contribution < -0.4 is 4.74 Å². The Morgan fingerprint density at radius 2 is 1.78 bits per heavy atom. The van der Waals surface area contributed by atoms with Crippen molar-refractivity contribution >= 4 is 23.0 Å². The van der Waals surface area contributed by atoms with Crippen LogP contribution in [0, 0.1) is 11.3 Å². The fraction of sp³-hybridized carbons (Fsp3) is 0. The van der Waals surface area contributed by atoms with Gasteiger partial charge in [0.1, 0.15) is 28.3 Å². The van der Waals surface area contributed by atoms with Crippen LogP contribution in [0.25, 0.3) is 22.9 Å². The monoisotopic (exact) mass is 370 g/mol. The summed E-state index contributed by atoms with van der Waals surface area (Å²) in [5.41, 5.74) is 2.26. The molecule has 0 bridgehead atoms. The van der Waals surface area contributed by atoms with Crippen molar-refractivity contribution in [1.82, 2.24) is 4.98 Å². The quantitative estimate of drug-likeness (QED) is 0.389. The van der Waals surface area contributed by atoms with Crippen molar-refractivity contribution in [3.05, 3.63) is 89.1 Å². The number of hydrogen-bond acceptors (Lipinski definition) is 5. The van der Waals surface area contributed by atoms with Crippen molar-refractivity contribution < 1.29 is 9.15 Å². The molecule has 5 heteroatoms. The SMILES string of the molecule is N#C/C(=C\c1ccco1)c1nc(-c2ccc(Oc3ccccc3)cc2)cs1. The van der Waals surface area contributed by atoms with Gasteiger partial charge in [-0.05, 0) is 48.5 Å². The lowest BCUT2D eigenvalue weighted by Gasteiger charge is -2.05. The third kappa shape index (κ3) is 3.97. The highest BCUT2D eigenvalue weighted by molar-refractivity contribution is 7.11. The molecule has 0 unspecified atom stereocenters. The highest BCUT2D eigenvalue weighted by Crippen LogP contribution is 2.29. The average Bonchev–Trinajstić information content (AvgIpc) is 3.40. The van der Waals surface area contributed by atoms with Crippen molar-refractivity contribution in [2.45, 2.75) is 0 Å². The molecule has 0 fully saturated rings. The van der Waals surface area contributed by atoms with Crippen molar-refractivity contribution in [1.29, 1.82) is 5.26 Å². The number of allylic oxidation sites excluding steroid dienone is 1. The van der Waals surface area contributed by atoms with Gasteiger partial charge in [0.05, 0.1) is 17.5 Å². The Hall–Kier alpha value is -3.62. The summed E-state index contributed by atoms with van der Waals surface area (Å²) in [6.07, 6.45) is 3.27. The minimum absolute atomic E-state index is 0.477. The van der Waals surface area contributed by atoms with E-state index < -0.39 is 0 Å². The third-order valence-electron chi connectivity index (χ3n) is 3.81. The molecule has 2 aromatic heterocycles. The summed E-state index contributed by atoms with van der Waals surface area (Å²) in [4.78, 5) is 4.59. The first-order chi connectivity index (χ1) is 13.3. The molecule has 0 aliphatic heterocycles. The molecule has 130 valence electrons. The molecule has 2 heterocycles. The first kappa shape index (κ1) is 16.8. The molecule has 0 saturated heterocycles. The molecule has 4 rings (SSSR count). The van der Waals surface area contributed by atoms with E-state index in [1.165, 1.54) is 11.3 Å². The molecule has 0 saturated carbocycles. The van der Waals surface area contributed by atoms with Gasteiger partial charge >= 0.3 is 0 Å². The number of ether oxygens (including phenoxy) is 1. The summed E-state index contributed by atoms with van der Waals surface area (Å²) in [5.74, 6) is 2.18. The predicted molar refractivity (Wildman–Crippen MR) is 106 cm³/mol. The van der Waals surface area contributed by atoms with E-state index in [0.29, 0.717) is 16.3 Å². The van der Waals surface area contributed by atoms with E-state index in [1.807, 2.05) is 60.0 Å². The maximum Gasteiger partial charge on any atom is 0.134 e. The lowest BCUT2D eigenvalue weighted by molar-refractivity contribution is 0.483. The molecular weight excluding hydrogens is 356 g/mol. The lowest BCUT2D eigenvalue weighted by Crippen LogP contribution is -1.85. The highest BCUT2D eigenvalue weighted by Gasteiger charge is 2.10. The lowest BCUT2D eigenvalue weighted by atomic mass is 10.1. The number of thiazole rings is 1. The Bertz CT molecular complexity index is 1090. The average molecular weight is 370 g/mol. The molecule has 0 radical (unpaired) electrons. The number of nitriles is 1. The summed E-state index contributed by atoms with van der Waals surface area (Å²) < 4.78 is 11.1. The largest absolute Gasteiger partial charge is 0.465 e. The van der Waals surface area contributed by atoms with E-state index in [0.717, 1.165) is 22.8 Å². The van der Waals surface area contributed by atoms with Gasteiger partial charge in [-0.15, -0.1) is 11.3 Å². The zero-order chi connectivity index (χ0) is 18.5. The fourth-order valence-corrected chi connectivity index (χ4v) is 3.30. The Labute approximate surface area is 160 Å². The second-order valence-corrected chi connectivity index (χ2v) is 6.52. The Morgan fingerprint density at radius 1 is 1.00 bits per heavy atom.